The fourth-order valence-corrected chi connectivity index (χ4v) is 3.70. The third-order valence-electron chi connectivity index (χ3n) is 1.70. The summed E-state index contributed by atoms with van der Waals surface area (Å²) in [7, 11) is 3.94. The number of rotatable bonds is 1. The number of hydrogen-bond donors (Lipinski definition) is 0. The molecule has 1 aliphatic heterocycles. The molecule has 0 aromatic heterocycles. The maximum Gasteiger partial charge on any atom is 0.341 e. The molecule has 2 rings (SSSR count). The Hall–Kier alpha value is -0.360. The molecule has 0 fully saturated rings. The second-order valence-electron chi connectivity index (χ2n) is 2.42. The van der Waals surface area contributed by atoms with Crippen LogP contribution in [0.25, 0.3) is 10.6 Å². The fourth-order valence-electron chi connectivity index (χ4n) is 1.08. The summed E-state index contributed by atoms with van der Waals surface area (Å²) in [6.45, 7) is 0. The molecule has 0 atom stereocenters. The van der Waals surface area contributed by atoms with E-state index in [1.54, 1.807) is 0 Å². The van der Waals surface area contributed by atoms with E-state index < -0.39 is 5.97 Å². The zero-order valence-electron chi connectivity index (χ0n) is 6.84. The van der Waals surface area contributed by atoms with Crippen molar-refractivity contribution in [1.29, 1.82) is 0 Å². The number of fused-ring (bicyclic) bond motifs is 1. The second kappa shape index (κ2) is 3.66. The van der Waals surface area contributed by atoms with E-state index in [4.69, 9.17) is 23.2 Å². The van der Waals surface area contributed by atoms with E-state index in [1.165, 1.54) is 28.0 Å². The molecule has 0 amide bonds. The number of carbonyl (C=O) groups is 1. The Morgan fingerprint density at radius 3 is 2.79 bits per heavy atom. The van der Waals surface area contributed by atoms with Crippen molar-refractivity contribution in [2.75, 3.05) is 7.11 Å². The molecule has 0 unspecified atom stereocenters. The number of methoxy groups -OCH3 is 1. The van der Waals surface area contributed by atoms with Gasteiger partial charge < -0.3 is 4.74 Å². The third kappa shape index (κ3) is 1.32. The molecule has 3 nitrogen and oxygen atoms in total. The molecule has 0 saturated carbocycles. The Morgan fingerprint density at radius 1 is 1.43 bits per heavy atom. The molecule has 0 aromatic rings. The summed E-state index contributed by atoms with van der Waals surface area (Å²) in [5.74, 6) is -0.509. The van der Waals surface area contributed by atoms with Gasteiger partial charge in [-0.15, -0.1) is 0 Å². The number of aromatic nitrogens is 1. The average molecular weight is 268 g/mol. The van der Waals surface area contributed by atoms with Gasteiger partial charge in [-0.05, 0) is 0 Å². The van der Waals surface area contributed by atoms with Crippen molar-refractivity contribution in [3.8, 4) is 10.6 Å². The first kappa shape index (κ1) is 10.2. The minimum Gasteiger partial charge on any atom is -0.465 e. The summed E-state index contributed by atoms with van der Waals surface area (Å²) in [6, 6.07) is 0. The van der Waals surface area contributed by atoms with Crippen molar-refractivity contribution in [3.63, 3.8) is 0 Å². The summed E-state index contributed by atoms with van der Waals surface area (Å²) >= 11 is 11.8. The van der Waals surface area contributed by atoms with Gasteiger partial charge in [0, 0.05) is 10.5 Å². The summed E-state index contributed by atoms with van der Waals surface area (Å²) in [6.07, 6.45) is 0. The highest BCUT2D eigenvalue weighted by atomic mass is 35.5. The van der Waals surface area contributed by atoms with Gasteiger partial charge >= 0.3 is 5.97 Å². The van der Waals surface area contributed by atoms with Crippen LogP contribution in [-0.4, -0.2) is 17.5 Å². The van der Waals surface area contributed by atoms with Crippen LogP contribution in [0.5, 0.6) is 0 Å². The van der Waals surface area contributed by atoms with Crippen LogP contribution in [0.3, 0.4) is 0 Å². The summed E-state index contributed by atoms with van der Waals surface area (Å²) in [5.41, 5.74) is 0.786. The average Bonchev–Trinajstić information content (AvgIpc) is 2.72. The highest BCUT2D eigenvalue weighted by Crippen LogP contribution is 2.46. The lowest BCUT2D eigenvalue weighted by Crippen LogP contribution is -2.01. The standard InChI is InChI=1S/C7H3Cl2NO2S2/c1-12-7(11)2-3(8)4(9)6-5(2)10-14-13-6/h1H3. The predicted molar refractivity (Wildman–Crippen MR) is 58.0 cm³/mol. The Labute approximate surface area is 97.1 Å². The van der Waals surface area contributed by atoms with E-state index in [1.807, 2.05) is 0 Å². The lowest BCUT2D eigenvalue weighted by atomic mass is 10.3. The van der Waals surface area contributed by atoms with Gasteiger partial charge in [0.25, 0.3) is 0 Å². The first-order valence-electron chi connectivity index (χ1n) is 3.47. The van der Waals surface area contributed by atoms with Crippen molar-refractivity contribution in [2.24, 2.45) is 0 Å². The summed E-state index contributed by atoms with van der Waals surface area (Å²) in [5, 5.41) is 0.598. The van der Waals surface area contributed by atoms with Crippen LogP contribution in [0.15, 0.2) is 0 Å². The number of nitrogens with zero attached hydrogens (tertiary/aromatic N) is 1. The number of carbonyl (C=O) groups excluding carboxylic acids is 1. The molecule has 14 heavy (non-hydrogen) atoms. The molecular weight excluding hydrogens is 265 g/mol. The Bertz CT molecular complexity index is 465. The molecule has 0 N–H and O–H groups in total. The quantitative estimate of drug-likeness (QED) is 0.587. The van der Waals surface area contributed by atoms with Gasteiger partial charge in [-0.25, -0.2) is 4.79 Å². The van der Waals surface area contributed by atoms with E-state index in [2.05, 4.69) is 9.11 Å². The zero-order valence-corrected chi connectivity index (χ0v) is 9.98. The van der Waals surface area contributed by atoms with E-state index in [9.17, 15) is 4.79 Å². The first-order chi connectivity index (χ1) is 6.66. The zero-order chi connectivity index (χ0) is 10.3. The summed E-state index contributed by atoms with van der Waals surface area (Å²) < 4.78 is 8.65. The molecule has 0 aromatic carbocycles. The second-order valence-corrected chi connectivity index (χ2v) is 5.03. The SMILES string of the molecule is COC(=O)c1c2nssc-2c(Cl)c1Cl. The minimum atomic E-state index is -0.509. The number of halogens is 2. The van der Waals surface area contributed by atoms with Crippen molar-refractivity contribution in [2.45, 2.75) is 0 Å². The molecule has 1 heterocycles. The minimum absolute atomic E-state index is 0.222. The van der Waals surface area contributed by atoms with Crippen molar-refractivity contribution in [3.05, 3.63) is 15.6 Å². The number of esters is 1. The maximum atomic E-state index is 11.4. The Balaban J connectivity index is 2.70. The molecule has 74 valence electrons. The van der Waals surface area contributed by atoms with Gasteiger partial charge in [0.1, 0.15) is 11.3 Å². The van der Waals surface area contributed by atoms with Crippen LogP contribution in [0.4, 0.5) is 0 Å². The monoisotopic (exact) mass is 267 g/mol. The van der Waals surface area contributed by atoms with Crippen molar-refractivity contribution in [1.82, 2.24) is 4.37 Å². The number of ether oxygens (including phenoxy) is 1. The van der Waals surface area contributed by atoms with Gasteiger partial charge in [0.05, 0.1) is 22.0 Å². The highest BCUT2D eigenvalue weighted by molar-refractivity contribution is 7.68. The lowest BCUT2D eigenvalue weighted by molar-refractivity contribution is 0.0602. The van der Waals surface area contributed by atoms with Crippen molar-refractivity contribution < 1.29 is 9.53 Å². The molecule has 0 radical (unpaired) electrons. The van der Waals surface area contributed by atoms with Crippen LogP contribution < -0.4 is 0 Å². The molecular formula is C7H3Cl2NO2S2. The van der Waals surface area contributed by atoms with Gasteiger partial charge in [-0.2, -0.15) is 4.37 Å². The molecule has 1 aliphatic carbocycles. The van der Waals surface area contributed by atoms with Crippen LogP contribution >= 0.6 is 44.1 Å². The third-order valence-corrected chi connectivity index (χ3v) is 4.51. The smallest absolute Gasteiger partial charge is 0.341 e. The Kier molecular flexibility index (Phi) is 2.66. The van der Waals surface area contributed by atoms with Crippen LogP contribution in [0.1, 0.15) is 10.4 Å². The van der Waals surface area contributed by atoms with Crippen LogP contribution in [0.2, 0.25) is 10.0 Å². The van der Waals surface area contributed by atoms with Crippen LogP contribution in [0, 0.1) is 0 Å². The molecule has 7 heteroatoms. The molecule has 0 bridgehead atoms. The molecule has 0 saturated heterocycles. The molecule has 2 aliphatic rings. The van der Waals surface area contributed by atoms with Gasteiger partial charge in [0.15, 0.2) is 0 Å². The van der Waals surface area contributed by atoms with Gasteiger partial charge in [-0.3, -0.25) is 0 Å². The first-order valence-corrected chi connectivity index (χ1v) is 6.33. The predicted octanol–water partition coefficient (Wildman–Crippen LogP) is 3.40. The van der Waals surface area contributed by atoms with Crippen LogP contribution in [-0.2, 0) is 4.74 Å². The van der Waals surface area contributed by atoms with E-state index in [0.29, 0.717) is 10.7 Å². The fraction of sp³-hybridized carbons (Fsp3) is 0.143. The Morgan fingerprint density at radius 2 is 2.14 bits per heavy atom. The van der Waals surface area contributed by atoms with E-state index >= 15 is 0 Å². The van der Waals surface area contributed by atoms with E-state index in [0.717, 1.165) is 4.88 Å². The lowest BCUT2D eigenvalue weighted by Gasteiger charge is -1.96. The largest absolute Gasteiger partial charge is 0.465 e. The summed E-state index contributed by atoms with van der Waals surface area (Å²) in [4.78, 5) is 12.1. The van der Waals surface area contributed by atoms with E-state index in [-0.39, 0.29) is 10.6 Å². The number of hydrogen-bond acceptors (Lipinski definition) is 5. The maximum absolute atomic E-state index is 11.4. The van der Waals surface area contributed by atoms with Gasteiger partial charge in [-0.1, -0.05) is 33.5 Å². The highest BCUT2D eigenvalue weighted by Gasteiger charge is 2.29. The van der Waals surface area contributed by atoms with Crippen molar-refractivity contribution >= 4 is 50.0 Å². The van der Waals surface area contributed by atoms with Gasteiger partial charge in [0.2, 0.25) is 0 Å². The topological polar surface area (TPSA) is 39.2 Å². The molecule has 0 spiro atoms. The normalized spacial score (nSPS) is 10.8.